The van der Waals surface area contributed by atoms with Crippen molar-refractivity contribution < 1.29 is 26.5 Å². The van der Waals surface area contributed by atoms with E-state index in [1.807, 2.05) is 0 Å². The van der Waals surface area contributed by atoms with E-state index in [9.17, 15) is 31.7 Å². The molecule has 0 bridgehead atoms. The Hall–Kier alpha value is -2.62. The second-order valence-corrected chi connectivity index (χ2v) is 6.74. The smallest absolute Gasteiger partial charge is 0.269 e. The van der Waals surface area contributed by atoms with Gasteiger partial charge in [0.1, 0.15) is 0 Å². The first-order valence-electron chi connectivity index (χ1n) is 6.44. The van der Waals surface area contributed by atoms with Crippen LogP contribution in [0.4, 0.5) is 24.5 Å². The van der Waals surface area contributed by atoms with Crippen LogP contribution in [0.25, 0.3) is 0 Å². The van der Waals surface area contributed by atoms with Gasteiger partial charge < -0.3 is 0 Å². The number of sulfonamides is 1. The predicted octanol–water partition coefficient (Wildman–Crippen LogP) is 3.44. The van der Waals surface area contributed by atoms with Crippen molar-refractivity contribution in [3.05, 3.63) is 64.2 Å². The van der Waals surface area contributed by atoms with Gasteiger partial charge in [-0.05, 0) is 24.3 Å². The Morgan fingerprint density at radius 2 is 1.71 bits per heavy atom. The van der Waals surface area contributed by atoms with Crippen LogP contribution in [-0.4, -0.2) is 20.4 Å². The van der Waals surface area contributed by atoms with Gasteiger partial charge in [-0.2, -0.15) is 13.2 Å². The van der Waals surface area contributed by atoms with Gasteiger partial charge in [-0.1, -0.05) is 12.1 Å². The van der Waals surface area contributed by atoms with Crippen molar-refractivity contribution >= 4 is 21.4 Å². The highest BCUT2D eigenvalue weighted by atomic mass is 32.2. The molecule has 0 unspecified atom stereocenters. The molecule has 0 atom stereocenters. The number of hydrogen-bond acceptors (Lipinski definition) is 4. The molecule has 0 N–H and O–H groups in total. The molecule has 24 heavy (non-hydrogen) atoms. The van der Waals surface area contributed by atoms with Gasteiger partial charge in [0, 0.05) is 19.2 Å². The Morgan fingerprint density at radius 3 is 2.29 bits per heavy atom. The highest BCUT2D eigenvalue weighted by Crippen LogP contribution is 2.32. The maximum atomic E-state index is 12.7. The Morgan fingerprint density at radius 1 is 1.08 bits per heavy atom. The van der Waals surface area contributed by atoms with Gasteiger partial charge >= 0.3 is 6.18 Å². The lowest BCUT2D eigenvalue weighted by Gasteiger charge is -2.20. The van der Waals surface area contributed by atoms with Crippen molar-refractivity contribution in [2.75, 3.05) is 11.4 Å². The van der Waals surface area contributed by atoms with Crippen molar-refractivity contribution in [2.24, 2.45) is 0 Å². The molecule has 0 aliphatic heterocycles. The van der Waals surface area contributed by atoms with Crippen LogP contribution in [0.1, 0.15) is 5.56 Å². The molecule has 0 aromatic heterocycles. The van der Waals surface area contributed by atoms with Crippen molar-refractivity contribution in [2.45, 2.75) is 11.1 Å². The highest BCUT2D eigenvalue weighted by molar-refractivity contribution is 7.92. The fraction of sp³-hybridized carbons (Fsp3) is 0.143. The van der Waals surface area contributed by atoms with Gasteiger partial charge in [0.05, 0.1) is 21.1 Å². The van der Waals surface area contributed by atoms with Crippen LogP contribution in [0.5, 0.6) is 0 Å². The van der Waals surface area contributed by atoms with Crippen molar-refractivity contribution in [1.82, 2.24) is 0 Å². The summed E-state index contributed by atoms with van der Waals surface area (Å²) in [6.45, 7) is 0. The number of halogens is 3. The lowest BCUT2D eigenvalue weighted by Crippen LogP contribution is -2.27. The van der Waals surface area contributed by atoms with Gasteiger partial charge in [0.15, 0.2) is 0 Å². The molecule has 0 saturated carbocycles. The number of benzene rings is 2. The molecule has 128 valence electrons. The molecule has 0 spiro atoms. The monoisotopic (exact) mass is 360 g/mol. The summed E-state index contributed by atoms with van der Waals surface area (Å²) < 4.78 is 63.9. The molecule has 6 nitrogen and oxygen atoms in total. The number of nitro groups is 1. The van der Waals surface area contributed by atoms with Gasteiger partial charge in [-0.25, -0.2) is 8.42 Å². The molecule has 0 aliphatic rings. The summed E-state index contributed by atoms with van der Waals surface area (Å²) in [6, 6.07) is 8.06. The molecule has 0 heterocycles. The summed E-state index contributed by atoms with van der Waals surface area (Å²) in [5.41, 5.74) is -1.65. The summed E-state index contributed by atoms with van der Waals surface area (Å²) in [6.07, 6.45) is -4.62. The van der Waals surface area contributed by atoms with Crippen LogP contribution < -0.4 is 4.31 Å². The lowest BCUT2D eigenvalue weighted by molar-refractivity contribution is -0.385. The predicted molar refractivity (Wildman–Crippen MR) is 80.1 cm³/mol. The summed E-state index contributed by atoms with van der Waals surface area (Å²) >= 11 is 0. The first kappa shape index (κ1) is 17.7. The van der Waals surface area contributed by atoms with Crippen LogP contribution in [-0.2, 0) is 16.2 Å². The Bertz CT molecular complexity index is 882. The summed E-state index contributed by atoms with van der Waals surface area (Å²) in [5.74, 6) is 0. The van der Waals surface area contributed by atoms with Gasteiger partial charge in [0.2, 0.25) is 0 Å². The summed E-state index contributed by atoms with van der Waals surface area (Å²) in [7, 11) is -3.18. The molecule has 2 aromatic rings. The zero-order chi connectivity index (χ0) is 18.1. The van der Waals surface area contributed by atoms with E-state index in [2.05, 4.69) is 0 Å². The van der Waals surface area contributed by atoms with E-state index in [1.165, 1.54) is 12.1 Å². The van der Waals surface area contributed by atoms with E-state index >= 15 is 0 Å². The maximum absolute atomic E-state index is 12.7. The molecule has 0 saturated heterocycles. The van der Waals surface area contributed by atoms with E-state index in [0.29, 0.717) is 10.4 Å². The normalized spacial score (nSPS) is 12.0. The average molecular weight is 360 g/mol. The number of non-ortho nitro benzene ring substituents is 1. The first-order valence-corrected chi connectivity index (χ1v) is 7.88. The van der Waals surface area contributed by atoms with Crippen LogP contribution in [0.15, 0.2) is 53.4 Å². The standard InChI is InChI=1S/C14H11F3N2O4S/c1-18(11-5-2-4-10(8-11)14(15,16)17)24(22,23)13-7-3-6-12(9-13)19(20)21/h2-9H,1H3. The van der Waals surface area contributed by atoms with E-state index < -0.39 is 37.3 Å². The zero-order valence-electron chi connectivity index (χ0n) is 12.2. The lowest BCUT2D eigenvalue weighted by atomic mass is 10.2. The Kier molecular flexibility index (Phi) is 4.52. The number of anilines is 1. The molecule has 0 aliphatic carbocycles. The van der Waals surface area contributed by atoms with Crippen molar-refractivity contribution in [3.63, 3.8) is 0 Å². The summed E-state index contributed by atoms with van der Waals surface area (Å²) in [5, 5.41) is 10.7. The molecular formula is C14H11F3N2O4S. The average Bonchev–Trinajstić information content (AvgIpc) is 2.53. The number of nitro benzene ring substituents is 1. The van der Waals surface area contributed by atoms with E-state index in [0.717, 1.165) is 37.4 Å². The van der Waals surface area contributed by atoms with E-state index in [1.54, 1.807) is 0 Å². The molecule has 0 amide bonds. The minimum atomic E-state index is -4.62. The third-order valence-corrected chi connectivity index (χ3v) is 5.01. The Balaban J connectivity index is 2.47. The van der Waals surface area contributed by atoms with Crippen LogP contribution in [0.2, 0.25) is 0 Å². The number of alkyl halides is 3. The largest absolute Gasteiger partial charge is 0.416 e. The number of hydrogen-bond donors (Lipinski definition) is 0. The third kappa shape index (κ3) is 3.48. The second-order valence-electron chi connectivity index (χ2n) is 4.78. The highest BCUT2D eigenvalue weighted by Gasteiger charge is 2.32. The number of rotatable bonds is 4. The van der Waals surface area contributed by atoms with Crippen molar-refractivity contribution in [1.29, 1.82) is 0 Å². The van der Waals surface area contributed by atoms with Gasteiger partial charge in [-0.3, -0.25) is 14.4 Å². The van der Waals surface area contributed by atoms with Crippen LogP contribution >= 0.6 is 0 Å². The van der Waals surface area contributed by atoms with Crippen LogP contribution in [0.3, 0.4) is 0 Å². The topological polar surface area (TPSA) is 80.5 Å². The SMILES string of the molecule is CN(c1cccc(C(F)(F)F)c1)S(=O)(=O)c1cccc([N+](=O)[O-])c1. The third-order valence-electron chi connectivity index (χ3n) is 3.22. The minimum Gasteiger partial charge on any atom is -0.269 e. The van der Waals surface area contributed by atoms with Gasteiger partial charge in [0.25, 0.3) is 15.7 Å². The van der Waals surface area contributed by atoms with Gasteiger partial charge in [-0.15, -0.1) is 0 Å². The van der Waals surface area contributed by atoms with E-state index in [-0.39, 0.29) is 5.69 Å². The maximum Gasteiger partial charge on any atom is 0.416 e. The molecule has 0 radical (unpaired) electrons. The molecule has 2 rings (SSSR count). The van der Waals surface area contributed by atoms with Crippen LogP contribution in [0, 0.1) is 10.1 Å². The minimum absolute atomic E-state index is 0.212. The van der Waals surface area contributed by atoms with E-state index in [4.69, 9.17) is 0 Å². The van der Waals surface area contributed by atoms with Crippen molar-refractivity contribution in [3.8, 4) is 0 Å². The fourth-order valence-electron chi connectivity index (χ4n) is 1.93. The summed E-state index contributed by atoms with van der Waals surface area (Å²) in [4.78, 5) is 9.59. The zero-order valence-corrected chi connectivity index (χ0v) is 13.0. The number of nitrogens with zero attached hydrogens (tertiary/aromatic N) is 2. The first-order chi connectivity index (χ1) is 11.0. The molecule has 2 aromatic carbocycles. The molecular weight excluding hydrogens is 349 g/mol. The second kappa shape index (κ2) is 6.11. The molecule has 0 fully saturated rings. The molecule has 10 heteroatoms. The fourth-order valence-corrected chi connectivity index (χ4v) is 3.16. The quantitative estimate of drug-likeness (QED) is 0.618. The Labute approximate surface area is 135 Å².